The molecule has 0 spiro atoms. The SMILES string of the molecule is [2H]c1c([2H])c([2H])c2c(c1[2H])c1ccc(Oc3cc(N4Cn5c6c(C)cccc6c6cc(C)ccc6c6ccccc6c6cccc4c65)cc(C(C)(C)C)c3)cc1n2-c1cc(C(C)(C)C)ccn1. The van der Waals surface area contributed by atoms with E-state index in [0.29, 0.717) is 45.8 Å². The van der Waals surface area contributed by atoms with Gasteiger partial charge in [0.05, 0.1) is 33.2 Å². The van der Waals surface area contributed by atoms with Gasteiger partial charge in [-0.1, -0.05) is 138 Å². The van der Waals surface area contributed by atoms with Crippen LogP contribution in [0.4, 0.5) is 11.4 Å². The Kier molecular flexibility index (Phi) is 7.78. The molecular weight excluding hydrogens is 769 g/mol. The molecule has 5 heteroatoms. The Labute approximate surface area is 374 Å². The molecule has 0 unspecified atom stereocenters. The van der Waals surface area contributed by atoms with Crippen molar-refractivity contribution in [3.8, 4) is 17.3 Å². The van der Waals surface area contributed by atoms with E-state index in [9.17, 15) is 0 Å². The number of fused-ring (bicyclic) bond motifs is 10. The van der Waals surface area contributed by atoms with Crippen molar-refractivity contribution in [2.75, 3.05) is 4.90 Å². The van der Waals surface area contributed by atoms with Gasteiger partial charge in [0.25, 0.3) is 0 Å². The fourth-order valence-corrected chi connectivity index (χ4v) is 9.62. The van der Waals surface area contributed by atoms with Gasteiger partial charge in [-0.15, -0.1) is 0 Å². The predicted molar refractivity (Wildman–Crippen MR) is 266 cm³/mol. The van der Waals surface area contributed by atoms with Crippen LogP contribution in [0.25, 0.3) is 71.0 Å². The van der Waals surface area contributed by atoms with Gasteiger partial charge < -0.3 is 14.2 Å². The van der Waals surface area contributed by atoms with Gasteiger partial charge in [-0.2, -0.15) is 0 Å². The second kappa shape index (κ2) is 14.2. The molecule has 0 saturated carbocycles. The molecule has 0 bridgehead atoms. The van der Waals surface area contributed by atoms with Crippen LogP contribution in [0.15, 0.2) is 158 Å². The molecule has 3 aromatic heterocycles. The highest BCUT2D eigenvalue weighted by atomic mass is 16.5. The van der Waals surface area contributed by atoms with Crippen molar-refractivity contribution in [1.29, 1.82) is 0 Å². The lowest BCUT2D eigenvalue weighted by molar-refractivity contribution is 0.479. The van der Waals surface area contributed by atoms with Gasteiger partial charge in [-0.25, -0.2) is 4.98 Å². The zero-order valence-electron chi connectivity index (χ0n) is 41.1. The lowest BCUT2D eigenvalue weighted by atomic mass is 9.86. The zero-order valence-corrected chi connectivity index (χ0v) is 37.1. The molecule has 0 N–H and O–H groups in total. The van der Waals surface area contributed by atoms with Crippen LogP contribution in [0.2, 0.25) is 0 Å². The maximum Gasteiger partial charge on any atom is 0.137 e. The minimum absolute atomic E-state index is 0.0855. The molecule has 0 amide bonds. The number of aromatic nitrogens is 3. The van der Waals surface area contributed by atoms with Crippen LogP contribution in [0.5, 0.6) is 11.5 Å². The summed E-state index contributed by atoms with van der Waals surface area (Å²) in [7, 11) is 0. The summed E-state index contributed by atoms with van der Waals surface area (Å²) in [5.41, 5.74) is 9.70. The van der Waals surface area contributed by atoms with Crippen molar-refractivity contribution in [1.82, 2.24) is 14.1 Å². The molecule has 0 radical (unpaired) electrons. The van der Waals surface area contributed by atoms with Gasteiger partial charge in [0.2, 0.25) is 0 Å². The minimum Gasteiger partial charge on any atom is -0.457 e. The monoisotopic (exact) mass is 824 g/mol. The third-order valence-corrected chi connectivity index (χ3v) is 12.9. The van der Waals surface area contributed by atoms with Gasteiger partial charge >= 0.3 is 0 Å². The summed E-state index contributed by atoms with van der Waals surface area (Å²) >= 11 is 0. The number of anilines is 2. The Morgan fingerprint density at radius 3 is 2.05 bits per heavy atom. The second-order valence-corrected chi connectivity index (χ2v) is 19.2. The number of pyridine rings is 1. The zero-order chi connectivity index (χ0) is 46.8. The lowest BCUT2D eigenvalue weighted by Crippen LogP contribution is -2.17. The van der Waals surface area contributed by atoms with E-state index in [4.69, 9.17) is 15.2 Å². The molecule has 310 valence electrons. The normalized spacial score (nSPS) is 13.9. The van der Waals surface area contributed by atoms with Crippen LogP contribution >= 0.6 is 0 Å². The van der Waals surface area contributed by atoms with Crippen molar-refractivity contribution < 1.29 is 10.2 Å². The maximum atomic E-state index is 9.13. The highest BCUT2D eigenvalue weighted by molar-refractivity contribution is 6.21. The summed E-state index contributed by atoms with van der Waals surface area (Å²) < 4.78 is 46.8. The van der Waals surface area contributed by atoms with Crippen LogP contribution in [-0.2, 0) is 17.5 Å². The third-order valence-electron chi connectivity index (χ3n) is 12.9. The van der Waals surface area contributed by atoms with Crippen LogP contribution in [0.1, 0.15) is 69.3 Å². The molecule has 5 nitrogen and oxygen atoms in total. The molecule has 0 saturated heterocycles. The fraction of sp³-hybridized carbons (Fsp3) is 0.190. The first-order valence-corrected chi connectivity index (χ1v) is 21.8. The van der Waals surface area contributed by atoms with E-state index in [-0.39, 0.29) is 35.0 Å². The molecule has 7 aromatic carbocycles. The second-order valence-electron chi connectivity index (χ2n) is 19.2. The van der Waals surface area contributed by atoms with Crippen LogP contribution < -0.4 is 9.64 Å². The van der Waals surface area contributed by atoms with Crippen molar-refractivity contribution in [2.24, 2.45) is 0 Å². The molecule has 1 aliphatic rings. The molecule has 10 aromatic rings. The predicted octanol–water partition coefficient (Wildman–Crippen LogP) is 15.8. The first-order valence-electron chi connectivity index (χ1n) is 23.8. The Hall–Kier alpha value is -7.11. The molecule has 0 fully saturated rings. The van der Waals surface area contributed by atoms with Gasteiger partial charge in [0, 0.05) is 45.6 Å². The summed E-state index contributed by atoms with van der Waals surface area (Å²) in [4.78, 5) is 7.21. The molecule has 0 atom stereocenters. The summed E-state index contributed by atoms with van der Waals surface area (Å²) in [6, 6.07) is 44.5. The Balaban J connectivity index is 1.13. The summed E-state index contributed by atoms with van der Waals surface area (Å²) in [5, 5.41) is 8.35. The number of hydrogen-bond donors (Lipinski definition) is 0. The van der Waals surface area contributed by atoms with Crippen LogP contribution in [0, 0.1) is 13.8 Å². The quantitative estimate of drug-likeness (QED) is 0.177. The number of para-hydroxylation sites is 3. The topological polar surface area (TPSA) is 35.2 Å². The number of ether oxygens (including phenoxy) is 1. The molecular formula is C58H52N4O. The number of rotatable bonds is 4. The van der Waals surface area contributed by atoms with Crippen molar-refractivity contribution in [3.05, 3.63) is 180 Å². The molecule has 1 aliphatic heterocycles. The molecule has 4 heterocycles. The number of hydrogen-bond acceptors (Lipinski definition) is 3. The van der Waals surface area contributed by atoms with Crippen molar-refractivity contribution >= 4 is 76.5 Å². The van der Waals surface area contributed by atoms with E-state index in [2.05, 4.69) is 162 Å². The maximum absolute atomic E-state index is 9.13. The van der Waals surface area contributed by atoms with Crippen LogP contribution in [-0.4, -0.2) is 14.1 Å². The average molecular weight is 825 g/mol. The number of nitrogens with zero attached hydrogens (tertiary/aromatic N) is 4. The van der Waals surface area contributed by atoms with Gasteiger partial charge in [0.1, 0.15) is 24.0 Å². The van der Waals surface area contributed by atoms with Gasteiger partial charge in [0.15, 0.2) is 0 Å². The average Bonchev–Trinajstić information content (AvgIpc) is 3.87. The first kappa shape index (κ1) is 34.5. The van der Waals surface area contributed by atoms with Crippen LogP contribution in [0.3, 0.4) is 0 Å². The molecule has 11 rings (SSSR count). The van der Waals surface area contributed by atoms with Crippen molar-refractivity contribution in [3.63, 3.8) is 0 Å². The van der Waals surface area contributed by atoms with Crippen molar-refractivity contribution in [2.45, 2.75) is 72.9 Å². The Morgan fingerprint density at radius 2 is 1.25 bits per heavy atom. The highest BCUT2D eigenvalue weighted by Crippen LogP contribution is 2.45. The van der Waals surface area contributed by atoms with E-state index in [1.165, 1.54) is 49.0 Å². The van der Waals surface area contributed by atoms with E-state index in [1.54, 1.807) is 6.20 Å². The lowest BCUT2D eigenvalue weighted by Gasteiger charge is -2.26. The largest absolute Gasteiger partial charge is 0.457 e. The minimum atomic E-state index is -0.286. The smallest absolute Gasteiger partial charge is 0.137 e. The first-order chi connectivity index (χ1) is 32.0. The summed E-state index contributed by atoms with van der Waals surface area (Å²) in [6.45, 7) is 18.1. The highest BCUT2D eigenvalue weighted by Gasteiger charge is 2.27. The van der Waals surface area contributed by atoms with E-state index >= 15 is 0 Å². The molecule has 0 aliphatic carbocycles. The summed E-state index contributed by atoms with van der Waals surface area (Å²) in [5.74, 6) is 1.81. The summed E-state index contributed by atoms with van der Waals surface area (Å²) in [6.07, 6.45) is 1.77. The standard InChI is InChI=1S/C58H52N4O/c1-36-23-25-45-43-16-9-10-17-44(43)48-20-14-22-52-56(48)61(55-37(2)15-13-19-49(55)50(45)29-36)35-60(52)40-30-39(58(6,7)8)31-42(33-40)63-41-24-26-47-46-18-11-12-21-51(46)62(53(47)34-41)54-32-38(27-28-59-54)57(3,4)5/h9-34H,35H2,1-8H3/i11D,12D,18D,21D. The van der Waals surface area contributed by atoms with E-state index in [1.807, 2.05) is 34.9 Å². The van der Waals surface area contributed by atoms with E-state index < -0.39 is 0 Å². The third kappa shape index (κ3) is 6.40. The van der Waals surface area contributed by atoms with Gasteiger partial charge in [-0.3, -0.25) is 4.57 Å². The number of benzene rings is 7. The van der Waals surface area contributed by atoms with E-state index in [0.717, 1.165) is 28.0 Å². The Morgan fingerprint density at radius 1 is 0.556 bits per heavy atom. The molecule has 63 heavy (non-hydrogen) atoms. The Bertz CT molecular complexity index is 3810. The number of aryl methyl sites for hydroxylation is 2. The fourth-order valence-electron chi connectivity index (χ4n) is 9.62. The van der Waals surface area contributed by atoms with Gasteiger partial charge in [-0.05, 0) is 111 Å².